The summed E-state index contributed by atoms with van der Waals surface area (Å²) < 4.78 is 0. The summed E-state index contributed by atoms with van der Waals surface area (Å²) >= 11 is 0. The molecule has 22 heavy (non-hydrogen) atoms. The second-order valence-corrected chi connectivity index (χ2v) is 6.97. The average Bonchev–Trinajstić information content (AvgIpc) is 2.67. The first-order valence-corrected chi connectivity index (χ1v) is 8.27. The molecule has 1 spiro atoms. The van der Waals surface area contributed by atoms with Gasteiger partial charge < -0.3 is 10.6 Å². The van der Waals surface area contributed by atoms with Gasteiger partial charge in [0.25, 0.3) is 5.91 Å². The van der Waals surface area contributed by atoms with Crippen molar-refractivity contribution in [1.82, 2.24) is 15.5 Å². The number of nitrogens with zero attached hydrogens (tertiary/aromatic N) is 1. The van der Waals surface area contributed by atoms with Gasteiger partial charge in [0.1, 0.15) is 12.1 Å². The summed E-state index contributed by atoms with van der Waals surface area (Å²) in [5.74, 6) is 0.114. The second-order valence-electron chi connectivity index (χ2n) is 6.97. The third kappa shape index (κ3) is 3.25. The highest BCUT2D eigenvalue weighted by Crippen LogP contribution is 2.38. The zero-order valence-electron chi connectivity index (χ0n) is 13.8. The fourth-order valence-electron chi connectivity index (χ4n) is 3.34. The molecule has 4 amide bonds. The number of urea groups is 1. The van der Waals surface area contributed by atoms with E-state index in [1.165, 1.54) is 0 Å². The minimum absolute atomic E-state index is 0.117. The molecule has 1 aliphatic heterocycles. The van der Waals surface area contributed by atoms with Crippen molar-refractivity contribution in [2.45, 2.75) is 58.4 Å². The van der Waals surface area contributed by atoms with Crippen molar-refractivity contribution in [1.29, 1.82) is 0 Å². The number of nitrogens with one attached hydrogen (secondary N) is 2. The van der Waals surface area contributed by atoms with Crippen LogP contribution in [-0.4, -0.2) is 41.4 Å². The molecule has 0 unspecified atom stereocenters. The van der Waals surface area contributed by atoms with Crippen LogP contribution < -0.4 is 10.6 Å². The van der Waals surface area contributed by atoms with Crippen LogP contribution in [-0.2, 0) is 9.59 Å². The fourth-order valence-corrected chi connectivity index (χ4v) is 3.34. The third-order valence-electron chi connectivity index (χ3n) is 4.85. The Kier molecular flexibility index (Phi) is 5.08. The Bertz CT molecular complexity index is 464. The average molecular weight is 309 g/mol. The number of rotatable bonds is 5. The van der Waals surface area contributed by atoms with Crippen molar-refractivity contribution in [3.05, 3.63) is 0 Å². The van der Waals surface area contributed by atoms with Crippen LogP contribution in [0.5, 0.6) is 0 Å². The van der Waals surface area contributed by atoms with Gasteiger partial charge in [-0.2, -0.15) is 0 Å². The van der Waals surface area contributed by atoms with Crippen LogP contribution in [0.2, 0.25) is 0 Å². The van der Waals surface area contributed by atoms with Crippen molar-refractivity contribution in [3.63, 3.8) is 0 Å². The molecule has 124 valence electrons. The lowest BCUT2D eigenvalue weighted by molar-refractivity contribution is -0.137. The Labute approximate surface area is 132 Å². The van der Waals surface area contributed by atoms with Crippen molar-refractivity contribution < 1.29 is 14.4 Å². The number of carbonyl (C=O) groups is 3. The van der Waals surface area contributed by atoms with Gasteiger partial charge in [0.05, 0.1) is 0 Å². The van der Waals surface area contributed by atoms with E-state index >= 15 is 0 Å². The predicted octanol–water partition coefficient (Wildman–Crippen LogP) is 1.65. The van der Waals surface area contributed by atoms with Crippen LogP contribution in [0.15, 0.2) is 0 Å². The summed E-state index contributed by atoms with van der Waals surface area (Å²) in [7, 11) is 0. The van der Waals surface area contributed by atoms with Gasteiger partial charge in [-0.25, -0.2) is 4.79 Å². The van der Waals surface area contributed by atoms with Crippen LogP contribution >= 0.6 is 0 Å². The lowest BCUT2D eigenvalue weighted by Gasteiger charge is -2.36. The monoisotopic (exact) mass is 309 g/mol. The molecule has 1 aliphatic carbocycles. The van der Waals surface area contributed by atoms with Crippen molar-refractivity contribution in [2.24, 2.45) is 11.8 Å². The normalized spacial score (nSPS) is 28.4. The van der Waals surface area contributed by atoms with Crippen LogP contribution in [0, 0.1) is 11.8 Å². The number of hydrogen-bond acceptors (Lipinski definition) is 3. The van der Waals surface area contributed by atoms with Gasteiger partial charge in [-0.1, -0.05) is 33.6 Å². The number of amides is 4. The van der Waals surface area contributed by atoms with E-state index in [2.05, 4.69) is 24.5 Å². The van der Waals surface area contributed by atoms with Gasteiger partial charge in [-0.3, -0.25) is 14.5 Å². The van der Waals surface area contributed by atoms with Crippen LogP contribution in [0.4, 0.5) is 4.79 Å². The van der Waals surface area contributed by atoms with E-state index in [0.717, 1.165) is 30.6 Å². The largest absolute Gasteiger partial charge is 0.355 e. The van der Waals surface area contributed by atoms with Crippen molar-refractivity contribution in [3.8, 4) is 0 Å². The summed E-state index contributed by atoms with van der Waals surface area (Å²) in [5.41, 5.74) is -0.784. The van der Waals surface area contributed by atoms with E-state index < -0.39 is 11.6 Å². The molecule has 0 aromatic heterocycles. The SMILES string of the molecule is CC(C)CCNC(=O)CN1C(=O)N[C@@]2(CCCC[C@H]2C)C1=O. The molecule has 2 N–H and O–H groups in total. The van der Waals surface area contributed by atoms with Gasteiger partial charge in [-0.05, 0) is 31.1 Å². The van der Waals surface area contributed by atoms with Gasteiger partial charge in [0.15, 0.2) is 0 Å². The Morgan fingerprint density at radius 2 is 2.14 bits per heavy atom. The zero-order valence-corrected chi connectivity index (χ0v) is 13.8. The number of imide groups is 1. The second kappa shape index (κ2) is 6.67. The lowest BCUT2D eigenvalue weighted by atomic mass is 9.73. The first-order chi connectivity index (χ1) is 10.4. The maximum atomic E-state index is 12.7. The molecule has 2 fully saturated rings. The molecule has 0 aromatic carbocycles. The molecule has 0 radical (unpaired) electrons. The maximum Gasteiger partial charge on any atom is 0.325 e. The minimum Gasteiger partial charge on any atom is -0.355 e. The Hall–Kier alpha value is -1.59. The molecule has 1 saturated carbocycles. The highest BCUT2D eigenvalue weighted by molar-refractivity contribution is 6.09. The molecule has 0 aromatic rings. The zero-order chi connectivity index (χ0) is 16.3. The first kappa shape index (κ1) is 16.8. The molecule has 1 saturated heterocycles. The van der Waals surface area contributed by atoms with E-state index in [9.17, 15) is 14.4 Å². The number of carbonyl (C=O) groups excluding carboxylic acids is 3. The molecular weight excluding hydrogens is 282 g/mol. The quantitative estimate of drug-likeness (QED) is 0.758. The fraction of sp³-hybridized carbons (Fsp3) is 0.812. The Morgan fingerprint density at radius 1 is 1.41 bits per heavy atom. The van der Waals surface area contributed by atoms with Crippen LogP contribution in [0.1, 0.15) is 52.9 Å². The molecule has 0 bridgehead atoms. The molecule has 2 atom stereocenters. The van der Waals surface area contributed by atoms with E-state index in [1.54, 1.807) is 0 Å². The van der Waals surface area contributed by atoms with Crippen molar-refractivity contribution >= 4 is 17.8 Å². The smallest absolute Gasteiger partial charge is 0.325 e. The van der Waals surface area contributed by atoms with E-state index in [1.807, 2.05) is 6.92 Å². The Balaban J connectivity index is 1.96. The highest BCUT2D eigenvalue weighted by atomic mass is 16.2. The standard InChI is InChI=1S/C16H27N3O3/c1-11(2)7-9-17-13(20)10-19-14(21)16(18-15(19)22)8-5-4-6-12(16)3/h11-12H,4-10H2,1-3H3,(H,17,20)(H,18,22)/t12-,16-/m1/s1. The van der Waals surface area contributed by atoms with Gasteiger partial charge in [0, 0.05) is 6.54 Å². The predicted molar refractivity (Wildman–Crippen MR) is 83.1 cm³/mol. The topological polar surface area (TPSA) is 78.5 Å². The maximum absolute atomic E-state index is 12.7. The van der Waals surface area contributed by atoms with Gasteiger partial charge >= 0.3 is 6.03 Å². The molecule has 2 aliphatic rings. The first-order valence-electron chi connectivity index (χ1n) is 8.27. The van der Waals surface area contributed by atoms with Crippen LogP contribution in [0.25, 0.3) is 0 Å². The molecule has 6 heteroatoms. The summed E-state index contributed by atoms with van der Waals surface area (Å²) in [6.45, 7) is 6.55. The van der Waals surface area contributed by atoms with E-state index in [0.29, 0.717) is 18.9 Å². The summed E-state index contributed by atoms with van der Waals surface area (Å²) in [4.78, 5) is 37.8. The van der Waals surface area contributed by atoms with E-state index in [-0.39, 0.29) is 24.3 Å². The summed E-state index contributed by atoms with van der Waals surface area (Å²) in [6, 6.07) is -0.433. The minimum atomic E-state index is -0.784. The van der Waals surface area contributed by atoms with Crippen molar-refractivity contribution in [2.75, 3.05) is 13.1 Å². The van der Waals surface area contributed by atoms with Gasteiger partial charge in [0.2, 0.25) is 5.91 Å². The third-order valence-corrected chi connectivity index (χ3v) is 4.85. The van der Waals surface area contributed by atoms with Crippen LogP contribution in [0.3, 0.4) is 0 Å². The number of hydrogen-bond donors (Lipinski definition) is 2. The summed E-state index contributed by atoms with van der Waals surface area (Å²) in [5, 5.41) is 5.63. The highest BCUT2D eigenvalue weighted by Gasteiger charge is 2.55. The Morgan fingerprint density at radius 3 is 2.77 bits per heavy atom. The lowest BCUT2D eigenvalue weighted by Crippen LogP contribution is -2.54. The molecule has 6 nitrogen and oxygen atoms in total. The summed E-state index contributed by atoms with van der Waals surface area (Å²) in [6.07, 6.45) is 4.50. The molecule has 2 rings (SSSR count). The molecular formula is C16H27N3O3. The molecule has 1 heterocycles. The van der Waals surface area contributed by atoms with E-state index in [4.69, 9.17) is 0 Å². The van der Waals surface area contributed by atoms with Gasteiger partial charge in [-0.15, -0.1) is 0 Å².